The van der Waals surface area contributed by atoms with E-state index in [-0.39, 0.29) is 6.35 Å². The van der Waals surface area contributed by atoms with Gasteiger partial charge in [0.2, 0.25) is 0 Å². The lowest BCUT2D eigenvalue weighted by molar-refractivity contribution is -0.145. The zero-order valence-corrected chi connectivity index (χ0v) is 12.8. The molecule has 0 spiro atoms. The first-order chi connectivity index (χ1) is 9.63. The molecule has 0 aliphatic heterocycles. The summed E-state index contributed by atoms with van der Waals surface area (Å²) in [6.45, 7) is 4.33. The molecule has 0 radical (unpaired) electrons. The number of ether oxygens (including phenoxy) is 2. The van der Waals surface area contributed by atoms with Gasteiger partial charge in [0.15, 0.2) is 0 Å². The molecule has 20 heavy (non-hydrogen) atoms. The Labute approximate surface area is 120 Å². The lowest BCUT2D eigenvalue weighted by atomic mass is 10.2. The summed E-state index contributed by atoms with van der Waals surface area (Å²) in [5.41, 5.74) is 1.02. The largest absolute Gasteiger partial charge is 0.464 e. The van der Waals surface area contributed by atoms with Crippen LogP contribution in [0.15, 0.2) is 30.3 Å². The van der Waals surface area contributed by atoms with Crippen LogP contribution in [0.1, 0.15) is 25.8 Å². The standard InChI is InChI=1S/C14H21NO4P/c1-3-9-19-14(16)12(2)15-20(17)11-18-10-13-7-5-4-6-8-13/h4-8,12H,3,9-11H2,1-2H3,(H,15,17)/q+1/t12-/m0/s1. The highest BCUT2D eigenvalue weighted by Crippen LogP contribution is 2.17. The smallest absolute Gasteiger partial charge is 0.461 e. The number of carbonyl (C=O) groups is 1. The van der Waals surface area contributed by atoms with Gasteiger partial charge in [0.05, 0.1) is 13.2 Å². The van der Waals surface area contributed by atoms with Gasteiger partial charge in [-0.25, -0.2) is 0 Å². The zero-order chi connectivity index (χ0) is 14.8. The summed E-state index contributed by atoms with van der Waals surface area (Å²) in [6, 6.07) is 9.04. The Morgan fingerprint density at radius 1 is 1.35 bits per heavy atom. The number of carbonyl (C=O) groups excluding carboxylic acids is 1. The second-order valence-electron chi connectivity index (χ2n) is 4.36. The third-order valence-electron chi connectivity index (χ3n) is 2.46. The molecule has 0 aliphatic rings. The molecule has 0 fully saturated rings. The summed E-state index contributed by atoms with van der Waals surface area (Å²) in [4.78, 5) is 11.5. The Bertz CT molecular complexity index is 424. The van der Waals surface area contributed by atoms with Gasteiger partial charge in [0.25, 0.3) is 6.35 Å². The van der Waals surface area contributed by atoms with Gasteiger partial charge in [-0.2, -0.15) is 0 Å². The van der Waals surface area contributed by atoms with Gasteiger partial charge in [0, 0.05) is 0 Å². The highest BCUT2D eigenvalue weighted by Gasteiger charge is 2.25. The summed E-state index contributed by atoms with van der Waals surface area (Å²) < 4.78 is 22.0. The van der Waals surface area contributed by atoms with Crippen LogP contribution in [-0.2, 0) is 25.4 Å². The van der Waals surface area contributed by atoms with Crippen molar-refractivity contribution in [3.05, 3.63) is 35.9 Å². The van der Waals surface area contributed by atoms with Crippen LogP contribution in [0.2, 0.25) is 0 Å². The van der Waals surface area contributed by atoms with Gasteiger partial charge in [-0.05, 0) is 23.5 Å². The van der Waals surface area contributed by atoms with Crippen LogP contribution in [0.4, 0.5) is 0 Å². The van der Waals surface area contributed by atoms with E-state index in [4.69, 9.17) is 9.47 Å². The van der Waals surface area contributed by atoms with Crippen LogP contribution in [0, 0.1) is 0 Å². The van der Waals surface area contributed by atoms with Gasteiger partial charge in [-0.3, -0.25) is 4.79 Å². The number of esters is 1. The first-order valence-corrected chi connectivity index (χ1v) is 8.07. The van der Waals surface area contributed by atoms with Crippen molar-refractivity contribution < 1.29 is 18.8 Å². The molecule has 6 heteroatoms. The van der Waals surface area contributed by atoms with Gasteiger partial charge < -0.3 is 9.47 Å². The molecule has 5 nitrogen and oxygen atoms in total. The Balaban J connectivity index is 2.21. The van der Waals surface area contributed by atoms with Gasteiger partial charge >= 0.3 is 13.9 Å². The summed E-state index contributed by atoms with van der Waals surface area (Å²) in [7, 11) is -1.79. The average molecular weight is 298 g/mol. The van der Waals surface area contributed by atoms with Crippen LogP contribution in [0.5, 0.6) is 0 Å². The maximum atomic E-state index is 11.7. The molecule has 0 saturated carbocycles. The zero-order valence-electron chi connectivity index (χ0n) is 11.9. The molecule has 1 N–H and O–H groups in total. The van der Waals surface area contributed by atoms with Gasteiger partial charge in [0.1, 0.15) is 6.04 Å². The number of benzene rings is 1. The molecular formula is C14H21NO4P+. The fourth-order valence-corrected chi connectivity index (χ4v) is 2.32. The molecule has 0 amide bonds. The van der Waals surface area contributed by atoms with Crippen molar-refractivity contribution in [2.75, 3.05) is 13.0 Å². The van der Waals surface area contributed by atoms with Crippen molar-refractivity contribution in [2.45, 2.75) is 32.9 Å². The fraction of sp³-hybridized carbons (Fsp3) is 0.500. The van der Waals surface area contributed by atoms with E-state index >= 15 is 0 Å². The van der Waals surface area contributed by atoms with E-state index in [0.29, 0.717) is 13.2 Å². The van der Waals surface area contributed by atoms with E-state index in [1.165, 1.54) is 0 Å². The van der Waals surface area contributed by atoms with Crippen molar-refractivity contribution in [3.8, 4) is 0 Å². The molecule has 0 aliphatic carbocycles. The lowest BCUT2D eigenvalue weighted by Gasteiger charge is -2.06. The predicted molar refractivity (Wildman–Crippen MR) is 77.6 cm³/mol. The van der Waals surface area contributed by atoms with E-state index < -0.39 is 20.0 Å². The second-order valence-corrected chi connectivity index (χ2v) is 5.63. The fourth-order valence-electron chi connectivity index (χ4n) is 1.45. The quantitative estimate of drug-likeness (QED) is 0.561. The number of hydrogen-bond acceptors (Lipinski definition) is 4. The van der Waals surface area contributed by atoms with E-state index in [1.807, 2.05) is 37.3 Å². The molecule has 0 aromatic heterocycles. The van der Waals surface area contributed by atoms with Crippen molar-refractivity contribution in [2.24, 2.45) is 0 Å². The monoisotopic (exact) mass is 298 g/mol. The lowest BCUT2D eigenvalue weighted by Crippen LogP contribution is -2.31. The Morgan fingerprint density at radius 3 is 2.70 bits per heavy atom. The molecule has 0 saturated heterocycles. The highest BCUT2D eigenvalue weighted by molar-refractivity contribution is 7.42. The second kappa shape index (κ2) is 9.59. The third kappa shape index (κ3) is 6.75. The SMILES string of the molecule is CCCOC(=O)[C@H](C)N[P+](=O)COCc1ccccc1. The predicted octanol–water partition coefficient (Wildman–Crippen LogP) is 2.83. The minimum atomic E-state index is -1.79. The van der Waals surface area contributed by atoms with E-state index in [2.05, 4.69) is 5.09 Å². The Hall–Kier alpha value is -1.29. The maximum absolute atomic E-state index is 11.7. The van der Waals surface area contributed by atoms with E-state index in [0.717, 1.165) is 12.0 Å². The van der Waals surface area contributed by atoms with Gasteiger partial charge in [-0.15, -0.1) is 0 Å². The van der Waals surface area contributed by atoms with Crippen molar-refractivity contribution in [1.82, 2.24) is 5.09 Å². The van der Waals surface area contributed by atoms with E-state index in [1.54, 1.807) is 6.92 Å². The van der Waals surface area contributed by atoms with Crippen LogP contribution in [-0.4, -0.2) is 25.0 Å². The third-order valence-corrected chi connectivity index (χ3v) is 3.55. The molecule has 110 valence electrons. The molecule has 2 atom stereocenters. The molecule has 1 aromatic carbocycles. The highest BCUT2D eigenvalue weighted by atomic mass is 31.1. The van der Waals surface area contributed by atoms with Gasteiger partial charge in [-0.1, -0.05) is 42.3 Å². The van der Waals surface area contributed by atoms with Crippen LogP contribution >= 0.6 is 7.95 Å². The molecule has 1 rings (SSSR count). The summed E-state index contributed by atoms with van der Waals surface area (Å²) in [6.07, 6.45) is 0.834. The summed E-state index contributed by atoms with van der Waals surface area (Å²) >= 11 is 0. The number of hydrogen-bond donors (Lipinski definition) is 1. The first kappa shape index (κ1) is 16.8. The minimum absolute atomic E-state index is 0.0651. The molecule has 0 bridgehead atoms. The van der Waals surface area contributed by atoms with Crippen LogP contribution < -0.4 is 5.09 Å². The maximum Gasteiger partial charge on any atom is 0.461 e. The van der Waals surface area contributed by atoms with Crippen LogP contribution in [0.3, 0.4) is 0 Å². The molecule has 0 heterocycles. The topological polar surface area (TPSA) is 64.6 Å². The van der Waals surface area contributed by atoms with Crippen molar-refractivity contribution >= 4 is 13.9 Å². The Morgan fingerprint density at radius 2 is 2.05 bits per heavy atom. The summed E-state index contributed by atoms with van der Waals surface area (Å²) in [5.74, 6) is -0.391. The van der Waals surface area contributed by atoms with Crippen molar-refractivity contribution in [3.63, 3.8) is 0 Å². The Kier molecular flexibility index (Phi) is 8.04. The van der Waals surface area contributed by atoms with E-state index in [9.17, 15) is 9.36 Å². The minimum Gasteiger partial charge on any atom is -0.464 e. The first-order valence-electron chi connectivity index (χ1n) is 6.62. The molecular weight excluding hydrogens is 277 g/mol. The number of nitrogens with one attached hydrogen (secondary N) is 1. The number of rotatable bonds is 9. The molecule has 1 unspecified atom stereocenters. The normalized spacial score (nSPS) is 12.8. The average Bonchev–Trinajstić information content (AvgIpc) is 2.45. The molecule has 1 aromatic rings. The van der Waals surface area contributed by atoms with Crippen LogP contribution in [0.25, 0.3) is 0 Å². The van der Waals surface area contributed by atoms with Crippen molar-refractivity contribution in [1.29, 1.82) is 0 Å². The summed E-state index contributed by atoms with van der Waals surface area (Å²) in [5, 5.41) is 2.68.